The van der Waals surface area contributed by atoms with Crippen molar-refractivity contribution in [3.63, 3.8) is 0 Å². The van der Waals surface area contributed by atoms with Crippen molar-refractivity contribution < 1.29 is 13.2 Å². The minimum Gasteiger partial charge on any atom is -0.322 e. The van der Waals surface area contributed by atoms with Crippen molar-refractivity contribution in [2.45, 2.75) is 13.5 Å². The number of carbonyl (C=O) groups excluding carboxylic acids is 1. The maximum absolute atomic E-state index is 12.6. The zero-order valence-corrected chi connectivity index (χ0v) is 18.7. The summed E-state index contributed by atoms with van der Waals surface area (Å²) < 4.78 is 26.0. The van der Waals surface area contributed by atoms with Crippen LogP contribution in [0.1, 0.15) is 21.5 Å². The number of sulfonamides is 1. The normalized spacial score (nSPS) is 11.2. The zero-order valence-electron chi connectivity index (χ0n) is 16.4. The third kappa shape index (κ3) is 5.14. The Hall–Kier alpha value is -2.54. The standard InChI is InChI=1S/C22H20Cl2N2O3S/c1-15-19(23)8-5-9-21(15)25-22(27)16-10-12-18(13-11-16)26(30(2,28)29)14-17-6-3-4-7-20(17)24/h3-13H,14H2,1-2H3,(H,25,27). The molecule has 0 aliphatic heterocycles. The molecule has 0 unspecified atom stereocenters. The Balaban J connectivity index is 1.84. The number of rotatable bonds is 6. The van der Waals surface area contributed by atoms with Crippen LogP contribution in [0.3, 0.4) is 0 Å². The van der Waals surface area contributed by atoms with Crippen molar-refractivity contribution in [2.24, 2.45) is 0 Å². The first kappa shape index (κ1) is 22.2. The van der Waals surface area contributed by atoms with E-state index in [1.807, 2.05) is 6.92 Å². The Morgan fingerprint density at radius 2 is 1.57 bits per heavy atom. The number of amides is 1. The van der Waals surface area contributed by atoms with Gasteiger partial charge in [-0.25, -0.2) is 8.42 Å². The van der Waals surface area contributed by atoms with Crippen LogP contribution in [0.2, 0.25) is 10.0 Å². The van der Waals surface area contributed by atoms with Gasteiger partial charge in [0.05, 0.1) is 18.5 Å². The van der Waals surface area contributed by atoms with E-state index in [0.29, 0.717) is 32.5 Å². The molecule has 3 rings (SSSR count). The molecule has 1 N–H and O–H groups in total. The zero-order chi connectivity index (χ0) is 21.9. The highest BCUT2D eigenvalue weighted by molar-refractivity contribution is 7.92. The van der Waals surface area contributed by atoms with Crippen LogP contribution in [0, 0.1) is 6.92 Å². The summed E-state index contributed by atoms with van der Waals surface area (Å²) in [6.07, 6.45) is 1.13. The number of nitrogens with zero attached hydrogens (tertiary/aromatic N) is 1. The molecule has 3 aromatic carbocycles. The maximum Gasteiger partial charge on any atom is 0.255 e. The summed E-state index contributed by atoms with van der Waals surface area (Å²) >= 11 is 12.3. The number of halogens is 2. The van der Waals surface area contributed by atoms with Gasteiger partial charge in [-0.1, -0.05) is 47.5 Å². The minimum atomic E-state index is -3.57. The molecule has 0 heterocycles. The van der Waals surface area contributed by atoms with Gasteiger partial charge in [0, 0.05) is 21.3 Å². The number of hydrogen-bond acceptors (Lipinski definition) is 3. The molecule has 3 aromatic rings. The third-order valence-corrected chi connectivity index (χ3v) is 6.52. The molecule has 0 radical (unpaired) electrons. The van der Waals surface area contributed by atoms with Crippen molar-refractivity contribution in [3.05, 3.63) is 93.5 Å². The fraction of sp³-hybridized carbons (Fsp3) is 0.136. The van der Waals surface area contributed by atoms with E-state index in [1.54, 1.807) is 66.7 Å². The highest BCUT2D eigenvalue weighted by atomic mass is 35.5. The molecule has 0 bridgehead atoms. The molecule has 5 nitrogen and oxygen atoms in total. The van der Waals surface area contributed by atoms with E-state index in [0.717, 1.165) is 11.8 Å². The molecule has 0 aromatic heterocycles. The van der Waals surface area contributed by atoms with Crippen molar-refractivity contribution in [1.29, 1.82) is 0 Å². The number of anilines is 2. The monoisotopic (exact) mass is 462 g/mol. The van der Waals surface area contributed by atoms with Crippen LogP contribution in [-0.4, -0.2) is 20.6 Å². The van der Waals surface area contributed by atoms with E-state index >= 15 is 0 Å². The molecule has 0 aliphatic rings. The molecular weight excluding hydrogens is 443 g/mol. The number of hydrogen-bond donors (Lipinski definition) is 1. The summed E-state index contributed by atoms with van der Waals surface area (Å²) in [5, 5.41) is 3.87. The van der Waals surface area contributed by atoms with Gasteiger partial charge in [-0.05, 0) is 60.5 Å². The largest absolute Gasteiger partial charge is 0.322 e. The summed E-state index contributed by atoms with van der Waals surface area (Å²) in [7, 11) is -3.57. The molecule has 156 valence electrons. The van der Waals surface area contributed by atoms with Gasteiger partial charge in [0.15, 0.2) is 0 Å². The molecule has 0 fully saturated rings. The van der Waals surface area contributed by atoms with Gasteiger partial charge in [-0.15, -0.1) is 0 Å². The second-order valence-electron chi connectivity index (χ2n) is 6.77. The van der Waals surface area contributed by atoms with Crippen LogP contribution in [-0.2, 0) is 16.6 Å². The summed E-state index contributed by atoms with van der Waals surface area (Å²) in [6.45, 7) is 1.91. The van der Waals surface area contributed by atoms with E-state index < -0.39 is 10.0 Å². The lowest BCUT2D eigenvalue weighted by Gasteiger charge is -2.23. The van der Waals surface area contributed by atoms with E-state index in [2.05, 4.69) is 5.32 Å². The van der Waals surface area contributed by atoms with Gasteiger partial charge >= 0.3 is 0 Å². The highest BCUT2D eigenvalue weighted by Gasteiger charge is 2.19. The first-order valence-corrected chi connectivity index (χ1v) is 11.6. The van der Waals surface area contributed by atoms with Crippen molar-refractivity contribution in [1.82, 2.24) is 0 Å². The van der Waals surface area contributed by atoms with E-state index in [-0.39, 0.29) is 12.5 Å². The quantitative estimate of drug-likeness (QED) is 0.524. The number of nitrogens with one attached hydrogen (secondary N) is 1. The molecule has 8 heteroatoms. The smallest absolute Gasteiger partial charge is 0.255 e. The molecule has 0 spiro atoms. The first-order valence-electron chi connectivity index (χ1n) is 9.04. The van der Waals surface area contributed by atoms with E-state index in [9.17, 15) is 13.2 Å². The molecule has 0 aliphatic carbocycles. The molecule has 0 saturated carbocycles. The summed E-state index contributed by atoms with van der Waals surface area (Å²) in [5.41, 5.74) is 2.90. The minimum absolute atomic E-state index is 0.0890. The summed E-state index contributed by atoms with van der Waals surface area (Å²) in [4.78, 5) is 12.6. The Morgan fingerprint density at radius 3 is 2.20 bits per heavy atom. The van der Waals surface area contributed by atoms with E-state index in [1.165, 1.54) is 4.31 Å². The molecule has 0 atom stereocenters. The topological polar surface area (TPSA) is 66.5 Å². The summed E-state index contributed by atoms with van der Waals surface area (Å²) in [6, 6.07) is 18.7. The van der Waals surface area contributed by atoms with Crippen molar-refractivity contribution >= 4 is 50.5 Å². The second kappa shape index (κ2) is 9.08. The average Bonchev–Trinajstić information content (AvgIpc) is 2.70. The second-order valence-corrected chi connectivity index (χ2v) is 9.50. The van der Waals surface area contributed by atoms with Crippen LogP contribution in [0.25, 0.3) is 0 Å². The van der Waals surface area contributed by atoms with Crippen LogP contribution in [0.15, 0.2) is 66.7 Å². The first-order chi connectivity index (χ1) is 14.2. The van der Waals surface area contributed by atoms with Crippen LogP contribution in [0.5, 0.6) is 0 Å². The lowest BCUT2D eigenvalue weighted by Crippen LogP contribution is -2.29. The van der Waals surface area contributed by atoms with Crippen LogP contribution in [0.4, 0.5) is 11.4 Å². The highest BCUT2D eigenvalue weighted by Crippen LogP contribution is 2.26. The van der Waals surface area contributed by atoms with Crippen LogP contribution >= 0.6 is 23.2 Å². The predicted octanol–water partition coefficient (Wildman–Crippen LogP) is 5.52. The number of carbonyl (C=O) groups is 1. The van der Waals surface area contributed by atoms with Gasteiger partial charge in [0.1, 0.15) is 0 Å². The van der Waals surface area contributed by atoms with Gasteiger partial charge in [0.25, 0.3) is 5.91 Å². The maximum atomic E-state index is 12.6. The van der Waals surface area contributed by atoms with Gasteiger partial charge in [0.2, 0.25) is 10.0 Å². The lowest BCUT2D eigenvalue weighted by atomic mass is 10.1. The average molecular weight is 463 g/mol. The van der Waals surface area contributed by atoms with Crippen molar-refractivity contribution in [3.8, 4) is 0 Å². The Bertz CT molecular complexity index is 1180. The molecule has 1 amide bonds. The number of benzene rings is 3. The molecule has 30 heavy (non-hydrogen) atoms. The molecule has 0 saturated heterocycles. The third-order valence-electron chi connectivity index (χ3n) is 4.61. The Kier molecular flexibility index (Phi) is 6.71. The van der Waals surface area contributed by atoms with Gasteiger partial charge in [-0.3, -0.25) is 9.10 Å². The lowest BCUT2D eigenvalue weighted by molar-refractivity contribution is 0.102. The summed E-state index contributed by atoms with van der Waals surface area (Å²) in [5.74, 6) is -0.316. The van der Waals surface area contributed by atoms with Crippen LogP contribution < -0.4 is 9.62 Å². The Morgan fingerprint density at radius 1 is 0.933 bits per heavy atom. The Labute approximate surface area is 186 Å². The van der Waals surface area contributed by atoms with Gasteiger partial charge < -0.3 is 5.32 Å². The molecular formula is C22H20Cl2N2O3S. The fourth-order valence-electron chi connectivity index (χ4n) is 2.90. The predicted molar refractivity (Wildman–Crippen MR) is 123 cm³/mol. The van der Waals surface area contributed by atoms with Crippen molar-refractivity contribution in [2.75, 3.05) is 15.9 Å². The SMILES string of the molecule is Cc1c(Cl)cccc1NC(=O)c1ccc(N(Cc2ccccc2Cl)S(C)(=O)=O)cc1. The van der Waals surface area contributed by atoms with Gasteiger partial charge in [-0.2, -0.15) is 0 Å². The fourth-order valence-corrected chi connectivity index (χ4v) is 4.15. The van der Waals surface area contributed by atoms with E-state index in [4.69, 9.17) is 23.2 Å².